The third-order valence-corrected chi connectivity index (χ3v) is 18.0. The van der Waals surface area contributed by atoms with Crippen molar-refractivity contribution in [3.05, 3.63) is 172 Å². The topological polar surface area (TPSA) is 6.48 Å². The normalized spacial score (nSPS) is 15.0. The van der Waals surface area contributed by atoms with Crippen molar-refractivity contribution >= 4 is 78.0 Å². The molecule has 2 aliphatic heterocycles. The number of benzene rings is 7. The summed E-state index contributed by atoms with van der Waals surface area (Å²) in [7, 11) is 0. The maximum atomic E-state index is 2.77. The van der Waals surface area contributed by atoms with Gasteiger partial charge in [0.2, 0.25) is 0 Å². The third-order valence-electron chi connectivity index (χ3n) is 16.8. The van der Waals surface area contributed by atoms with Crippen molar-refractivity contribution in [1.29, 1.82) is 0 Å². The molecule has 0 amide bonds. The molecule has 0 N–H and O–H groups in total. The maximum absolute atomic E-state index is 2.77. The highest BCUT2D eigenvalue weighted by Gasteiger charge is 2.46. The molecule has 11 rings (SSSR count). The molecule has 73 heavy (non-hydrogen) atoms. The van der Waals surface area contributed by atoms with Gasteiger partial charge in [-0.25, -0.2) is 0 Å². The fourth-order valence-electron chi connectivity index (χ4n) is 12.5. The Morgan fingerprint density at radius 1 is 0.562 bits per heavy atom. The number of rotatable bonds is 8. The number of nitrogens with zero attached hydrogens (tertiary/aromatic N) is 2. The Morgan fingerprint density at radius 3 is 1.85 bits per heavy atom. The number of hydrogen-bond donors (Lipinski definition) is 0. The zero-order valence-corrected chi connectivity index (χ0v) is 47.0. The predicted octanol–water partition coefficient (Wildman–Crippen LogP) is 18.5. The SMILES string of the molecule is CCc1cc(CC)cc(-c2cc(C3CCCCC3)ccc2N2c3cc(C(C)C)cc4c3B(c3ccc(C(C)(C)C)cc3N4c3ccc(-c4ccccc4C(C)(C)C)cc3)c3sc4ccc(C(C)(C)C)cc4c32)c1. The van der Waals surface area contributed by atoms with Gasteiger partial charge in [-0.3, -0.25) is 0 Å². The van der Waals surface area contributed by atoms with E-state index in [2.05, 4.69) is 233 Å². The first-order chi connectivity index (χ1) is 34.8. The van der Waals surface area contributed by atoms with Crippen molar-refractivity contribution in [3.8, 4) is 22.3 Å². The standard InChI is InChI=1S/C69H77BN2S/c1-14-44-35-45(15-2)37-50(36-44)55-38-48(46-21-17-16-18-22-46)27-33-59(55)72-62-40-49(43(3)4)39-61-64(62)70(66-65(72)56-41-51(67(5,6)7)29-34-63(56)73-66)58-32-28-52(68(8,9)10)42-60(58)71(61)53-30-25-47(26-31-53)54-23-19-20-24-57(54)69(11,12)13/h19-20,23-43,46H,14-18,21-22H2,1-13H3. The molecule has 372 valence electrons. The van der Waals surface area contributed by atoms with Crippen LogP contribution in [0.25, 0.3) is 32.3 Å². The lowest BCUT2D eigenvalue weighted by atomic mass is 9.36. The minimum atomic E-state index is -0.0329. The number of thiophene rings is 1. The Kier molecular flexibility index (Phi) is 12.5. The van der Waals surface area contributed by atoms with Crippen molar-refractivity contribution in [3.63, 3.8) is 0 Å². The summed E-state index contributed by atoms with van der Waals surface area (Å²) >= 11 is 2.02. The smallest absolute Gasteiger partial charge is 0.264 e. The Bertz CT molecular complexity index is 3380. The van der Waals surface area contributed by atoms with E-state index in [0.29, 0.717) is 11.8 Å². The van der Waals surface area contributed by atoms with Crippen LogP contribution in [-0.4, -0.2) is 6.71 Å². The molecule has 8 aromatic rings. The summed E-state index contributed by atoms with van der Waals surface area (Å²) in [6.07, 6.45) is 8.55. The van der Waals surface area contributed by atoms with Crippen LogP contribution in [0.4, 0.5) is 34.1 Å². The average Bonchev–Trinajstić information content (AvgIpc) is 3.76. The summed E-state index contributed by atoms with van der Waals surface area (Å²) in [5, 5.41) is 1.36. The summed E-state index contributed by atoms with van der Waals surface area (Å²) < 4.78 is 2.79. The predicted molar refractivity (Wildman–Crippen MR) is 321 cm³/mol. The summed E-state index contributed by atoms with van der Waals surface area (Å²) in [5.41, 5.74) is 25.5. The fraction of sp³-hybridized carbons (Fsp3) is 0.362. The number of fused-ring (bicyclic) bond motifs is 6. The first-order valence-corrected chi connectivity index (χ1v) is 28.6. The van der Waals surface area contributed by atoms with E-state index < -0.39 is 0 Å². The van der Waals surface area contributed by atoms with Crippen molar-refractivity contribution in [2.45, 2.75) is 163 Å². The van der Waals surface area contributed by atoms with E-state index >= 15 is 0 Å². The van der Waals surface area contributed by atoms with E-state index in [1.165, 1.54) is 153 Å². The second-order valence-electron chi connectivity index (χ2n) is 25.2. The third kappa shape index (κ3) is 8.78. The zero-order valence-electron chi connectivity index (χ0n) is 46.2. The second-order valence-corrected chi connectivity index (χ2v) is 26.3. The molecule has 4 heteroatoms. The molecule has 0 bridgehead atoms. The molecule has 1 fully saturated rings. The first kappa shape index (κ1) is 49.4. The van der Waals surface area contributed by atoms with E-state index in [-0.39, 0.29) is 23.0 Å². The van der Waals surface area contributed by atoms with Crippen molar-refractivity contribution in [2.75, 3.05) is 9.80 Å². The summed E-state index contributed by atoms with van der Waals surface area (Å²) in [5.74, 6) is 0.893. The molecular formula is C69H77BN2S. The lowest BCUT2D eigenvalue weighted by molar-refractivity contribution is 0.444. The molecule has 2 nitrogen and oxygen atoms in total. The first-order valence-electron chi connectivity index (χ1n) is 27.8. The van der Waals surface area contributed by atoms with E-state index in [0.717, 1.165) is 12.8 Å². The number of hydrogen-bond acceptors (Lipinski definition) is 3. The monoisotopic (exact) mass is 977 g/mol. The summed E-state index contributed by atoms with van der Waals surface area (Å²) in [4.78, 5) is 5.41. The lowest BCUT2D eigenvalue weighted by Gasteiger charge is -2.44. The molecule has 7 aromatic carbocycles. The highest BCUT2D eigenvalue weighted by atomic mass is 32.1. The van der Waals surface area contributed by atoms with E-state index in [1.807, 2.05) is 11.3 Å². The Balaban J connectivity index is 1.24. The summed E-state index contributed by atoms with van der Waals surface area (Å²) in [6.45, 7) is 30.6. The number of anilines is 6. The van der Waals surface area contributed by atoms with Gasteiger partial charge in [-0.1, -0.05) is 188 Å². The molecule has 1 saturated carbocycles. The second kappa shape index (κ2) is 18.5. The highest BCUT2D eigenvalue weighted by molar-refractivity contribution is 7.33. The largest absolute Gasteiger partial charge is 0.311 e. The van der Waals surface area contributed by atoms with Crippen LogP contribution in [0.1, 0.15) is 173 Å². The van der Waals surface area contributed by atoms with Crippen LogP contribution in [0.5, 0.6) is 0 Å². The van der Waals surface area contributed by atoms with E-state index in [1.54, 1.807) is 0 Å². The van der Waals surface area contributed by atoms with Gasteiger partial charge in [-0.05, 0) is 175 Å². The van der Waals surface area contributed by atoms with Gasteiger partial charge in [0, 0.05) is 43.2 Å². The highest BCUT2D eigenvalue weighted by Crippen LogP contribution is 2.52. The minimum Gasteiger partial charge on any atom is -0.311 e. The van der Waals surface area contributed by atoms with Crippen LogP contribution >= 0.6 is 11.3 Å². The van der Waals surface area contributed by atoms with Crippen molar-refractivity contribution in [2.24, 2.45) is 0 Å². The van der Waals surface area contributed by atoms with Crippen LogP contribution in [0.2, 0.25) is 0 Å². The van der Waals surface area contributed by atoms with Gasteiger partial charge in [0.1, 0.15) is 0 Å². The van der Waals surface area contributed by atoms with Gasteiger partial charge < -0.3 is 9.80 Å². The van der Waals surface area contributed by atoms with E-state index in [9.17, 15) is 0 Å². The van der Waals surface area contributed by atoms with Gasteiger partial charge in [0.05, 0.1) is 11.4 Å². The minimum absolute atomic E-state index is 0.00594. The quantitative estimate of drug-likeness (QED) is 0.140. The van der Waals surface area contributed by atoms with Crippen LogP contribution < -0.4 is 25.5 Å². The Morgan fingerprint density at radius 2 is 1.21 bits per heavy atom. The summed E-state index contributed by atoms with van der Waals surface area (Å²) in [6, 6.07) is 53.7. The van der Waals surface area contributed by atoms with Crippen LogP contribution in [0.3, 0.4) is 0 Å². The molecular weight excluding hydrogens is 900 g/mol. The molecule has 1 aliphatic carbocycles. The molecule has 3 heterocycles. The van der Waals surface area contributed by atoms with Crippen LogP contribution in [0.15, 0.2) is 133 Å². The average molecular weight is 977 g/mol. The van der Waals surface area contributed by atoms with Gasteiger partial charge in [0.15, 0.2) is 0 Å². The van der Waals surface area contributed by atoms with Crippen LogP contribution in [-0.2, 0) is 29.1 Å². The van der Waals surface area contributed by atoms with Crippen molar-refractivity contribution < 1.29 is 0 Å². The molecule has 0 atom stereocenters. The van der Waals surface area contributed by atoms with Gasteiger partial charge >= 0.3 is 0 Å². The maximum Gasteiger partial charge on any atom is 0.264 e. The zero-order chi connectivity index (χ0) is 51.3. The molecule has 0 radical (unpaired) electrons. The van der Waals surface area contributed by atoms with Crippen LogP contribution in [0, 0.1) is 0 Å². The van der Waals surface area contributed by atoms with E-state index in [4.69, 9.17) is 0 Å². The lowest BCUT2D eigenvalue weighted by Crippen LogP contribution is -2.60. The molecule has 0 saturated heterocycles. The van der Waals surface area contributed by atoms with Crippen molar-refractivity contribution in [1.82, 2.24) is 0 Å². The Labute approximate surface area is 443 Å². The van der Waals surface area contributed by atoms with Gasteiger partial charge in [-0.2, -0.15) is 0 Å². The Hall–Kier alpha value is -5.84. The molecule has 1 aromatic heterocycles. The molecule has 0 unspecified atom stereocenters. The molecule has 0 spiro atoms. The number of aryl methyl sites for hydroxylation is 2. The fourth-order valence-corrected chi connectivity index (χ4v) is 13.8. The van der Waals surface area contributed by atoms with Gasteiger partial charge in [0.25, 0.3) is 6.71 Å². The van der Waals surface area contributed by atoms with Gasteiger partial charge in [-0.15, -0.1) is 11.3 Å². The molecule has 3 aliphatic rings.